The summed E-state index contributed by atoms with van der Waals surface area (Å²) in [4.78, 5) is 0. The highest BCUT2D eigenvalue weighted by Gasteiger charge is 2.20. The van der Waals surface area contributed by atoms with Gasteiger partial charge in [0.2, 0.25) is 0 Å². The van der Waals surface area contributed by atoms with Crippen LogP contribution in [-0.2, 0) is 0 Å². The minimum atomic E-state index is -0.140. The number of hydrogen-bond acceptors (Lipinski definition) is 2. The minimum absolute atomic E-state index is 0.140. The van der Waals surface area contributed by atoms with E-state index in [1.54, 1.807) is 0 Å². The topological polar surface area (TPSA) is 52.0 Å². The Morgan fingerprint density at radius 1 is 1.08 bits per heavy atom. The summed E-state index contributed by atoms with van der Waals surface area (Å²) in [7, 11) is 0. The van der Waals surface area contributed by atoms with Crippen LogP contribution in [0.4, 0.5) is 0 Å². The summed E-state index contributed by atoms with van der Waals surface area (Å²) in [5, 5.41) is 0. The lowest BCUT2D eigenvalue weighted by molar-refractivity contribution is 0.386. The Labute approximate surface area is 81.7 Å². The van der Waals surface area contributed by atoms with Gasteiger partial charge in [0.1, 0.15) is 0 Å². The van der Waals surface area contributed by atoms with Crippen molar-refractivity contribution in [2.75, 3.05) is 6.54 Å². The molecular formula is C11H22N2. The highest BCUT2D eigenvalue weighted by Crippen LogP contribution is 2.20. The van der Waals surface area contributed by atoms with E-state index < -0.39 is 0 Å². The van der Waals surface area contributed by atoms with Crippen molar-refractivity contribution in [3.8, 4) is 0 Å². The van der Waals surface area contributed by atoms with Crippen molar-refractivity contribution in [1.29, 1.82) is 0 Å². The summed E-state index contributed by atoms with van der Waals surface area (Å²) in [6, 6.07) is 0. The molecular weight excluding hydrogens is 160 g/mol. The fraction of sp³-hybridized carbons (Fsp3) is 0.636. The Morgan fingerprint density at radius 3 is 2.00 bits per heavy atom. The average Bonchev–Trinajstić information content (AvgIpc) is 2.05. The van der Waals surface area contributed by atoms with Crippen LogP contribution in [0.1, 0.15) is 32.1 Å². The maximum Gasteiger partial charge on any atom is 0.0223 e. The van der Waals surface area contributed by atoms with Crippen LogP contribution >= 0.6 is 0 Å². The average molecular weight is 182 g/mol. The van der Waals surface area contributed by atoms with Crippen LogP contribution < -0.4 is 11.5 Å². The van der Waals surface area contributed by atoms with E-state index in [4.69, 9.17) is 11.5 Å². The van der Waals surface area contributed by atoms with Crippen LogP contribution in [0.25, 0.3) is 0 Å². The van der Waals surface area contributed by atoms with Gasteiger partial charge in [0.25, 0.3) is 0 Å². The molecule has 0 aromatic rings. The molecule has 0 rings (SSSR count). The fourth-order valence-corrected chi connectivity index (χ4v) is 1.48. The van der Waals surface area contributed by atoms with Crippen LogP contribution in [0.3, 0.4) is 0 Å². The predicted molar refractivity (Wildman–Crippen MR) is 59.5 cm³/mol. The monoisotopic (exact) mass is 182 g/mol. The van der Waals surface area contributed by atoms with Crippen LogP contribution in [0.2, 0.25) is 0 Å². The maximum atomic E-state index is 6.18. The first kappa shape index (κ1) is 12.4. The van der Waals surface area contributed by atoms with Crippen molar-refractivity contribution < 1.29 is 0 Å². The highest BCUT2D eigenvalue weighted by molar-refractivity contribution is 4.95. The SMILES string of the molecule is C=CCC(N)(CC=C)CCCCN. The van der Waals surface area contributed by atoms with Crippen LogP contribution in [0, 0.1) is 0 Å². The predicted octanol–water partition coefficient (Wildman–Crippen LogP) is 1.97. The zero-order valence-electron chi connectivity index (χ0n) is 8.47. The second-order valence-electron chi connectivity index (χ2n) is 3.59. The molecule has 0 aliphatic heterocycles. The Balaban J connectivity index is 3.90. The van der Waals surface area contributed by atoms with Crippen molar-refractivity contribution in [3.63, 3.8) is 0 Å². The van der Waals surface area contributed by atoms with Gasteiger partial charge in [-0.1, -0.05) is 18.6 Å². The third-order valence-electron chi connectivity index (χ3n) is 2.23. The first-order chi connectivity index (χ1) is 6.18. The van der Waals surface area contributed by atoms with E-state index in [0.717, 1.165) is 38.6 Å². The largest absolute Gasteiger partial charge is 0.330 e. The molecule has 0 bridgehead atoms. The quantitative estimate of drug-likeness (QED) is 0.445. The molecule has 0 aliphatic rings. The number of hydrogen-bond donors (Lipinski definition) is 2. The lowest BCUT2D eigenvalue weighted by Gasteiger charge is -2.26. The number of rotatable bonds is 8. The van der Waals surface area contributed by atoms with Crippen molar-refractivity contribution in [2.24, 2.45) is 11.5 Å². The van der Waals surface area contributed by atoms with Crippen LogP contribution in [0.5, 0.6) is 0 Å². The summed E-state index contributed by atoms with van der Waals surface area (Å²) in [6.45, 7) is 8.18. The van der Waals surface area contributed by atoms with Crippen molar-refractivity contribution in [1.82, 2.24) is 0 Å². The van der Waals surface area contributed by atoms with E-state index in [1.807, 2.05) is 12.2 Å². The molecule has 0 saturated heterocycles. The first-order valence-electron chi connectivity index (χ1n) is 4.89. The van der Waals surface area contributed by atoms with Crippen LogP contribution in [0.15, 0.2) is 25.3 Å². The van der Waals surface area contributed by atoms with E-state index in [9.17, 15) is 0 Å². The molecule has 2 nitrogen and oxygen atoms in total. The zero-order chi connectivity index (χ0) is 10.2. The Bertz CT molecular complexity index is 142. The van der Waals surface area contributed by atoms with Gasteiger partial charge in [0.05, 0.1) is 0 Å². The third-order valence-corrected chi connectivity index (χ3v) is 2.23. The molecule has 0 heterocycles. The van der Waals surface area contributed by atoms with E-state index in [0.29, 0.717) is 0 Å². The molecule has 0 aromatic heterocycles. The molecule has 0 saturated carbocycles. The summed E-state index contributed by atoms with van der Waals surface area (Å²) >= 11 is 0. The van der Waals surface area contributed by atoms with Gasteiger partial charge in [0, 0.05) is 5.54 Å². The van der Waals surface area contributed by atoms with Crippen molar-refractivity contribution in [2.45, 2.75) is 37.6 Å². The zero-order valence-corrected chi connectivity index (χ0v) is 8.47. The standard InChI is InChI=1S/C11H22N2/c1-3-7-11(13,8-4-2)9-5-6-10-12/h3-4H,1-2,5-10,12-13H2. The second-order valence-corrected chi connectivity index (χ2v) is 3.59. The van der Waals surface area contributed by atoms with Gasteiger partial charge in [-0.15, -0.1) is 13.2 Å². The van der Waals surface area contributed by atoms with Gasteiger partial charge in [-0.05, 0) is 32.2 Å². The second kappa shape index (κ2) is 6.87. The van der Waals surface area contributed by atoms with E-state index in [2.05, 4.69) is 13.2 Å². The minimum Gasteiger partial charge on any atom is -0.330 e. The number of nitrogens with two attached hydrogens (primary N) is 2. The molecule has 0 spiro atoms. The molecule has 0 aliphatic carbocycles. The Kier molecular flexibility index (Phi) is 6.55. The molecule has 4 N–H and O–H groups in total. The fourth-order valence-electron chi connectivity index (χ4n) is 1.48. The van der Waals surface area contributed by atoms with Gasteiger partial charge >= 0.3 is 0 Å². The molecule has 0 radical (unpaired) electrons. The third kappa shape index (κ3) is 5.61. The van der Waals surface area contributed by atoms with E-state index >= 15 is 0 Å². The summed E-state index contributed by atoms with van der Waals surface area (Å²) < 4.78 is 0. The molecule has 0 unspecified atom stereocenters. The summed E-state index contributed by atoms with van der Waals surface area (Å²) in [5.41, 5.74) is 11.5. The molecule has 2 heteroatoms. The molecule has 0 amide bonds. The Hall–Kier alpha value is -0.600. The van der Waals surface area contributed by atoms with Gasteiger partial charge in [0.15, 0.2) is 0 Å². The van der Waals surface area contributed by atoms with E-state index in [1.165, 1.54) is 0 Å². The van der Waals surface area contributed by atoms with Gasteiger partial charge < -0.3 is 11.5 Å². The Morgan fingerprint density at radius 2 is 1.62 bits per heavy atom. The number of unbranched alkanes of at least 4 members (excludes halogenated alkanes) is 1. The molecule has 0 aromatic carbocycles. The van der Waals surface area contributed by atoms with Gasteiger partial charge in [-0.2, -0.15) is 0 Å². The molecule has 13 heavy (non-hydrogen) atoms. The normalized spacial score (nSPS) is 11.2. The smallest absolute Gasteiger partial charge is 0.0223 e. The van der Waals surface area contributed by atoms with Crippen LogP contribution in [-0.4, -0.2) is 12.1 Å². The van der Waals surface area contributed by atoms with Gasteiger partial charge in [-0.25, -0.2) is 0 Å². The maximum absolute atomic E-state index is 6.18. The van der Waals surface area contributed by atoms with E-state index in [-0.39, 0.29) is 5.54 Å². The summed E-state index contributed by atoms with van der Waals surface area (Å²) in [6.07, 6.45) is 8.61. The summed E-state index contributed by atoms with van der Waals surface area (Å²) in [5.74, 6) is 0. The molecule has 0 atom stereocenters. The lowest BCUT2D eigenvalue weighted by Crippen LogP contribution is -2.38. The highest BCUT2D eigenvalue weighted by atomic mass is 14.7. The van der Waals surface area contributed by atoms with Crippen molar-refractivity contribution in [3.05, 3.63) is 25.3 Å². The van der Waals surface area contributed by atoms with Gasteiger partial charge in [-0.3, -0.25) is 0 Å². The molecule has 0 fully saturated rings. The lowest BCUT2D eigenvalue weighted by atomic mass is 9.87. The van der Waals surface area contributed by atoms with Crippen molar-refractivity contribution >= 4 is 0 Å². The first-order valence-corrected chi connectivity index (χ1v) is 4.89. The molecule has 76 valence electrons.